The van der Waals surface area contributed by atoms with E-state index in [1.165, 1.54) is 0 Å². The highest BCUT2D eigenvalue weighted by molar-refractivity contribution is 5.68. The highest BCUT2D eigenvalue weighted by Gasteiger charge is 2.14. The lowest BCUT2D eigenvalue weighted by Gasteiger charge is -2.22. The molecule has 1 heterocycles. The Labute approximate surface area is 100 Å². The van der Waals surface area contributed by atoms with Gasteiger partial charge in [0.2, 0.25) is 0 Å². The molecule has 0 saturated carbocycles. The number of aromatic nitrogens is 1. The molecule has 0 amide bonds. The first-order valence-electron chi connectivity index (χ1n) is 5.42. The summed E-state index contributed by atoms with van der Waals surface area (Å²) in [5.74, 6) is -0.286. The molecule has 1 aromatic heterocycles. The van der Waals surface area contributed by atoms with Crippen molar-refractivity contribution in [2.45, 2.75) is 20.3 Å². The summed E-state index contributed by atoms with van der Waals surface area (Å²) in [6, 6.07) is 3.89. The Balaban J connectivity index is 3.00. The number of aliphatic carboxylic acids is 1. The molecule has 1 N–H and O–H groups in total. The molecule has 1 aromatic rings. The van der Waals surface area contributed by atoms with Crippen molar-refractivity contribution in [3.63, 3.8) is 0 Å². The average Bonchev–Trinajstić information content (AvgIpc) is 2.29. The maximum Gasteiger partial charge on any atom is 0.305 e. The first-order valence-corrected chi connectivity index (χ1v) is 5.42. The molecule has 5 nitrogen and oxygen atoms in total. The van der Waals surface area contributed by atoms with E-state index in [-0.39, 0.29) is 6.42 Å². The van der Waals surface area contributed by atoms with Gasteiger partial charge in [0.25, 0.3) is 0 Å². The molecule has 0 atom stereocenters. The van der Waals surface area contributed by atoms with Crippen LogP contribution in [0.25, 0.3) is 0 Å². The van der Waals surface area contributed by atoms with Crippen LogP contribution in [-0.4, -0.2) is 29.1 Å². The minimum atomic E-state index is -0.852. The highest BCUT2D eigenvalue weighted by atomic mass is 16.4. The Hall–Kier alpha value is -2.09. The van der Waals surface area contributed by atoms with E-state index >= 15 is 0 Å². The number of carboxylic acid groups (broad SMARTS) is 1. The molecule has 90 valence electrons. The van der Waals surface area contributed by atoms with Crippen LogP contribution in [0.15, 0.2) is 12.3 Å². The minimum Gasteiger partial charge on any atom is -0.481 e. The van der Waals surface area contributed by atoms with Crippen molar-refractivity contribution < 1.29 is 9.90 Å². The zero-order valence-corrected chi connectivity index (χ0v) is 9.97. The normalized spacial score (nSPS) is 9.71. The quantitative estimate of drug-likeness (QED) is 0.835. The van der Waals surface area contributed by atoms with Gasteiger partial charge in [-0.2, -0.15) is 5.26 Å². The lowest BCUT2D eigenvalue weighted by Crippen LogP contribution is -2.27. The molecule has 0 unspecified atom stereocenters. The fourth-order valence-corrected chi connectivity index (χ4v) is 1.57. The summed E-state index contributed by atoms with van der Waals surface area (Å²) in [5.41, 5.74) is 1.37. The fraction of sp³-hybridized carbons (Fsp3) is 0.417. The molecule has 1 rings (SSSR count). The van der Waals surface area contributed by atoms with E-state index < -0.39 is 5.97 Å². The van der Waals surface area contributed by atoms with Gasteiger partial charge in [0.15, 0.2) is 0 Å². The van der Waals surface area contributed by atoms with E-state index in [4.69, 9.17) is 10.4 Å². The molecule has 5 heteroatoms. The second-order valence-corrected chi connectivity index (χ2v) is 3.66. The summed E-state index contributed by atoms with van der Waals surface area (Å²) in [6.45, 7) is 4.73. The first-order chi connectivity index (χ1) is 8.10. The van der Waals surface area contributed by atoms with Crippen LogP contribution in [0, 0.1) is 18.3 Å². The number of aryl methyl sites for hydroxylation is 1. The third kappa shape index (κ3) is 3.18. The molecule has 0 fully saturated rings. The molecule has 0 aliphatic heterocycles. The fourth-order valence-electron chi connectivity index (χ4n) is 1.57. The first kappa shape index (κ1) is 13.0. The van der Waals surface area contributed by atoms with Crippen molar-refractivity contribution in [1.82, 2.24) is 4.98 Å². The largest absolute Gasteiger partial charge is 0.481 e. The third-order valence-electron chi connectivity index (χ3n) is 2.53. The predicted molar refractivity (Wildman–Crippen MR) is 63.8 cm³/mol. The van der Waals surface area contributed by atoms with Gasteiger partial charge in [0, 0.05) is 19.3 Å². The maximum atomic E-state index is 10.6. The molecule has 0 bridgehead atoms. The Morgan fingerprint density at radius 1 is 1.65 bits per heavy atom. The van der Waals surface area contributed by atoms with E-state index in [9.17, 15) is 4.79 Å². The number of hydrogen-bond acceptors (Lipinski definition) is 4. The van der Waals surface area contributed by atoms with Gasteiger partial charge in [-0.25, -0.2) is 4.98 Å². The number of rotatable bonds is 5. The minimum absolute atomic E-state index is 0.0360. The van der Waals surface area contributed by atoms with Gasteiger partial charge >= 0.3 is 5.97 Å². The van der Waals surface area contributed by atoms with Crippen LogP contribution in [0.4, 0.5) is 5.82 Å². The van der Waals surface area contributed by atoms with E-state index in [1.54, 1.807) is 17.2 Å². The van der Waals surface area contributed by atoms with Crippen LogP contribution in [0.2, 0.25) is 0 Å². The van der Waals surface area contributed by atoms with Crippen molar-refractivity contribution in [3.05, 3.63) is 23.4 Å². The lowest BCUT2D eigenvalue weighted by atomic mass is 10.1. The third-order valence-corrected chi connectivity index (χ3v) is 2.53. The predicted octanol–water partition coefficient (Wildman–Crippen LogP) is 1.56. The molecule has 0 radical (unpaired) electrons. The number of nitriles is 1. The van der Waals surface area contributed by atoms with Crippen molar-refractivity contribution in [3.8, 4) is 6.07 Å². The Morgan fingerprint density at radius 2 is 2.35 bits per heavy atom. The number of nitrogens with zero attached hydrogens (tertiary/aromatic N) is 3. The molecule has 0 aliphatic rings. The van der Waals surface area contributed by atoms with Crippen LogP contribution >= 0.6 is 0 Å². The van der Waals surface area contributed by atoms with Crippen molar-refractivity contribution in [2.24, 2.45) is 0 Å². The molecule has 0 aliphatic carbocycles. The number of anilines is 1. The smallest absolute Gasteiger partial charge is 0.305 e. The van der Waals surface area contributed by atoms with E-state index in [1.807, 2.05) is 13.8 Å². The van der Waals surface area contributed by atoms with Crippen LogP contribution in [-0.2, 0) is 4.79 Å². The summed E-state index contributed by atoms with van der Waals surface area (Å²) < 4.78 is 0. The Morgan fingerprint density at radius 3 is 2.88 bits per heavy atom. The summed E-state index contributed by atoms with van der Waals surface area (Å²) in [4.78, 5) is 16.5. The summed E-state index contributed by atoms with van der Waals surface area (Å²) in [7, 11) is 0. The van der Waals surface area contributed by atoms with Gasteiger partial charge < -0.3 is 10.0 Å². The van der Waals surface area contributed by atoms with Crippen LogP contribution in [0.3, 0.4) is 0 Å². The second-order valence-electron chi connectivity index (χ2n) is 3.66. The monoisotopic (exact) mass is 233 g/mol. The SMILES string of the molecule is CCN(CCC(=O)O)c1nccc(C)c1C#N. The van der Waals surface area contributed by atoms with Crippen LogP contribution < -0.4 is 4.90 Å². The molecule has 0 saturated heterocycles. The highest BCUT2D eigenvalue weighted by Crippen LogP contribution is 2.19. The molecule has 0 spiro atoms. The number of carbonyl (C=O) groups is 1. The van der Waals surface area contributed by atoms with Crippen molar-refractivity contribution in [1.29, 1.82) is 5.26 Å². The van der Waals surface area contributed by atoms with Crippen molar-refractivity contribution >= 4 is 11.8 Å². The number of hydrogen-bond donors (Lipinski definition) is 1. The van der Waals surface area contributed by atoms with Gasteiger partial charge in [-0.3, -0.25) is 4.79 Å². The van der Waals surface area contributed by atoms with Gasteiger partial charge in [-0.1, -0.05) is 0 Å². The van der Waals surface area contributed by atoms with Crippen molar-refractivity contribution in [2.75, 3.05) is 18.0 Å². The van der Waals surface area contributed by atoms with Crippen LogP contribution in [0.1, 0.15) is 24.5 Å². The van der Waals surface area contributed by atoms with Gasteiger partial charge in [-0.15, -0.1) is 0 Å². The van der Waals surface area contributed by atoms with Gasteiger partial charge in [0.1, 0.15) is 11.9 Å². The Kier molecular flexibility index (Phi) is 4.46. The summed E-state index contributed by atoms with van der Waals surface area (Å²) in [6.07, 6.45) is 1.67. The zero-order chi connectivity index (χ0) is 12.8. The lowest BCUT2D eigenvalue weighted by molar-refractivity contribution is -0.136. The molecule has 0 aromatic carbocycles. The Bertz CT molecular complexity index is 452. The molecule has 17 heavy (non-hydrogen) atoms. The molecular weight excluding hydrogens is 218 g/mol. The second kappa shape index (κ2) is 5.85. The average molecular weight is 233 g/mol. The van der Waals surface area contributed by atoms with Crippen LogP contribution in [0.5, 0.6) is 0 Å². The molecular formula is C12H15N3O2. The topological polar surface area (TPSA) is 77.2 Å². The zero-order valence-electron chi connectivity index (χ0n) is 9.97. The standard InChI is InChI=1S/C12H15N3O2/c1-3-15(7-5-11(16)17)12-10(8-13)9(2)4-6-14-12/h4,6H,3,5,7H2,1-2H3,(H,16,17). The van der Waals surface area contributed by atoms with E-state index in [0.29, 0.717) is 24.5 Å². The van der Waals surface area contributed by atoms with E-state index in [2.05, 4.69) is 11.1 Å². The maximum absolute atomic E-state index is 10.6. The summed E-state index contributed by atoms with van der Waals surface area (Å²) >= 11 is 0. The number of carboxylic acids is 1. The van der Waals surface area contributed by atoms with E-state index in [0.717, 1.165) is 5.56 Å². The van der Waals surface area contributed by atoms with Gasteiger partial charge in [-0.05, 0) is 25.5 Å². The number of pyridine rings is 1. The summed E-state index contributed by atoms with van der Waals surface area (Å²) in [5, 5.41) is 17.8. The van der Waals surface area contributed by atoms with Gasteiger partial charge in [0.05, 0.1) is 12.0 Å².